The number of amides is 2. The first kappa shape index (κ1) is 24.4. The van der Waals surface area contributed by atoms with E-state index in [9.17, 15) is 27.6 Å². The number of nitrogens with one attached hydrogen (secondary N) is 3. The van der Waals surface area contributed by atoms with Crippen LogP contribution in [0.25, 0.3) is 0 Å². The second kappa shape index (κ2) is 9.52. The third kappa shape index (κ3) is 5.19. The van der Waals surface area contributed by atoms with Crippen LogP contribution in [0.4, 0.5) is 42.0 Å². The van der Waals surface area contributed by atoms with Crippen LogP contribution in [0.15, 0.2) is 48.7 Å². The van der Waals surface area contributed by atoms with Crippen LogP contribution < -0.4 is 20.7 Å². The lowest BCUT2D eigenvalue weighted by atomic mass is 10.1. The summed E-state index contributed by atoms with van der Waals surface area (Å²) in [6, 6.07) is 10.3. The molecule has 3 aromatic rings. The van der Waals surface area contributed by atoms with E-state index in [-0.39, 0.29) is 29.7 Å². The zero-order chi connectivity index (χ0) is 26.0. The summed E-state index contributed by atoms with van der Waals surface area (Å²) >= 11 is 0. The van der Waals surface area contributed by atoms with Crippen molar-refractivity contribution in [3.63, 3.8) is 0 Å². The van der Waals surface area contributed by atoms with Gasteiger partial charge in [-0.2, -0.15) is 18.2 Å². The molecule has 0 fully saturated rings. The first-order valence-corrected chi connectivity index (χ1v) is 10.4. The van der Waals surface area contributed by atoms with E-state index in [4.69, 9.17) is 4.74 Å². The molecule has 1 aliphatic heterocycles. The van der Waals surface area contributed by atoms with Crippen LogP contribution in [0.2, 0.25) is 0 Å². The van der Waals surface area contributed by atoms with E-state index in [1.165, 1.54) is 44.4 Å². The fraction of sp³-hybridized carbons (Fsp3) is 0.174. The van der Waals surface area contributed by atoms with Crippen molar-refractivity contribution in [1.82, 2.24) is 14.9 Å². The molecule has 186 valence electrons. The number of fused-ring (bicyclic) bond motifs is 1. The van der Waals surface area contributed by atoms with Gasteiger partial charge in [-0.15, -0.1) is 0 Å². The Labute approximate surface area is 202 Å². The molecule has 3 N–H and O–H groups in total. The highest BCUT2D eigenvalue weighted by Crippen LogP contribution is 2.36. The number of carbonyl (C=O) groups is 3. The Bertz CT molecular complexity index is 1360. The van der Waals surface area contributed by atoms with Crippen LogP contribution in [-0.4, -0.2) is 53.2 Å². The van der Waals surface area contributed by atoms with Crippen molar-refractivity contribution in [3.8, 4) is 5.75 Å². The maximum absolute atomic E-state index is 13.7. The number of benzene rings is 2. The molecule has 0 radical (unpaired) electrons. The zero-order valence-electron chi connectivity index (χ0n) is 18.9. The van der Waals surface area contributed by atoms with Gasteiger partial charge in [0.1, 0.15) is 17.1 Å². The van der Waals surface area contributed by atoms with Gasteiger partial charge in [-0.05, 0) is 30.3 Å². The summed E-state index contributed by atoms with van der Waals surface area (Å²) in [5.74, 6) is -2.48. The normalized spacial score (nSPS) is 12.6. The predicted molar refractivity (Wildman–Crippen MR) is 124 cm³/mol. The number of hydrogen-bond donors (Lipinski definition) is 3. The molecule has 0 saturated heterocycles. The lowest BCUT2D eigenvalue weighted by Gasteiger charge is -2.19. The summed E-state index contributed by atoms with van der Waals surface area (Å²) in [6.07, 6.45) is -4.22. The number of nitrogens with zero attached hydrogens (tertiary/aromatic N) is 3. The Morgan fingerprint density at radius 3 is 2.58 bits per heavy atom. The molecule has 36 heavy (non-hydrogen) atoms. The number of para-hydroxylation sites is 1. The first-order chi connectivity index (χ1) is 17.0. The fourth-order valence-electron chi connectivity index (χ4n) is 3.27. The highest BCUT2D eigenvalue weighted by Gasteiger charge is 2.36. The van der Waals surface area contributed by atoms with Gasteiger partial charge in [0.05, 0.1) is 16.9 Å². The lowest BCUT2D eigenvalue weighted by Crippen LogP contribution is -2.30. The maximum atomic E-state index is 13.7. The van der Waals surface area contributed by atoms with Crippen LogP contribution in [-0.2, 0) is 15.8 Å². The molecule has 4 rings (SSSR count). The van der Waals surface area contributed by atoms with Crippen LogP contribution in [0.1, 0.15) is 15.9 Å². The van der Waals surface area contributed by atoms with Gasteiger partial charge in [0.25, 0.3) is 17.6 Å². The largest absolute Gasteiger partial charge is 0.482 e. The number of likely N-dealkylation sites (N-methyl/N-ethyl adjacent to an activating group) is 1. The van der Waals surface area contributed by atoms with E-state index in [2.05, 4.69) is 25.9 Å². The minimum Gasteiger partial charge on any atom is -0.482 e. The highest BCUT2D eigenvalue weighted by atomic mass is 19.4. The Kier molecular flexibility index (Phi) is 6.47. The van der Waals surface area contributed by atoms with Gasteiger partial charge in [0.15, 0.2) is 6.61 Å². The molecule has 2 amide bonds. The van der Waals surface area contributed by atoms with E-state index >= 15 is 0 Å². The topological polar surface area (TPSA) is 126 Å². The molecular weight excluding hydrogens is 481 g/mol. The van der Waals surface area contributed by atoms with Gasteiger partial charge in [0.2, 0.25) is 5.95 Å². The van der Waals surface area contributed by atoms with Crippen molar-refractivity contribution in [3.05, 3.63) is 59.8 Å². The van der Waals surface area contributed by atoms with Crippen molar-refractivity contribution in [2.24, 2.45) is 0 Å². The van der Waals surface area contributed by atoms with Crippen molar-refractivity contribution >= 4 is 46.4 Å². The van der Waals surface area contributed by atoms with Gasteiger partial charge in [-0.1, -0.05) is 12.1 Å². The van der Waals surface area contributed by atoms with Gasteiger partial charge in [-0.25, -0.2) is 4.98 Å². The van der Waals surface area contributed by atoms with Gasteiger partial charge < -0.3 is 25.6 Å². The molecule has 2 aromatic carbocycles. The molecule has 1 aliphatic rings. The van der Waals surface area contributed by atoms with Crippen LogP contribution >= 0.6 is 0 Å². The number of carbonyl (C=O) groups excluding carboxylic acids is 3. The number of ether oxygens (including phenoxy) is 1. The second-order valence-corrected chi connectivity index (χ2v) is 7.83. The van der Waals surface area contributed by atoms with Crippen molar-refractivity contribution in [2.75, 3.05) is 36.7 Å². The zero-order valence-corrected chi connectivity index (χ0v) is 18.9. The average Bonchev–Trinajstić information content (AvgIpc) is 2.82. The molecule has 0 atom stereocenters. The number of Topliss-reactive ketones (excluding diaryl/α,β-unsaturated/α-hetero) is 1. The van der Waals surface area contributed by atoms with E-state index in [1.807, 2.05) is 0 Å². The second-order valence-electron chi connectivity index (χ2n) is 7.83. The van der Waals surface area contributed by atoms with E-state index in [1.54, 1.807) is 12.1 Å². The molecule has 13 heteroatoms. The highest BCUT2D eigenvalue weighted by molar-refractivity contribution is 6.43. The molecule has 0 bridgehead atoms. The van der Waals surface area contributed by atoms with E-state index < -0.39 is 29.2 Å². The summed E-state index contributed by atoms with van der Waals surface area (Å²) in [5, 5.41) is 7.93. The number of rotatable bonds is 6. The van der Waals surface area contributed by atoms with Crippen molar-refractivity contribution in [1.29, 1.82) is 0 Å². The summed E-state index contributed by atoms with van der Waals surface area (Å²) in [7, 11) is 2.78. The monoisotopic (exact) mass is 500 g/mol. The molecule has 0 spiro atoms. The molecule has 2 heterocycles. The quantitative estimate of drug-likeness (QED) is 0.347. The number of halogens is 3. The third-order valence-electron chi connectivity index (χ3n) is 4.99. The number of anilines is 5. The number of hydrogen-bond acceptors (Lipinski definition) is 8. The van der Waals surface area contributed by atoms with Gasteiger partial charge in [0, 0.05) is 26.0 Å². The SMILES string of the molecule is CN(C)C(=O)C(=O)c1ccccc1Nc1nc(Nc2ccc3c(c2)NC(=O)CO3)ncc1C(F)(F)F. The van der Waals surface area contributed by atoms with Crippen LogP contribution in [0, 0.1) is 0 Å². The Morgan fingerprint density at radius 2 is 1.86 bits per heavy atom. The van der Waals surface area contributed by atoms with E-state index in [0.29, 0.717) is 23.3 Å². The minimum absolute atomic E-state index is 0.0403. The summed E-state index contributed by atoms with van der Waals surface area (Å²) < 4.78 is 46.4. The van der Waals surface area contributed by atoms with Crippen LogP contribution in [0.5, 0.6) is 5.75 Å². The third-order valence-corrected chi connectivity index (χ3v) is 4.99. The molecule has 10 nitrogen and oxygen atoms in total. The minimum atomic E-state index is -4.81. The standard InChI is InChI=1S/C23H19F3N6O4/c1-32(2)21(35)19(34)13-5-3-4-6-15(13)30-20-14(23(24,25)26)10-27-22(31-20)28-12-7-8-17-16(9-12)29-18(33)11-36-17/h3-10H,11H2,1-2H3,(H,29,33)(H2,27,28,30,31). The average molecular weight is 500 g/mol. The molecular formula is C23H19F3N6O4. The Morgan fingerprint density at radius 1 is 1.11 bits per heavy atom. The summed E-state index contributed by atoms with van der Waals surface area (Å²) in [6.45, 7) is -0.124. The number of aromatic nitrogens is 2. The van der Waals surface area contributed by atoms with Crippen molar-refractivity contribution < 1.29 is 32.3 Å². The molecule has 1 aromatic heterocycles. The fourth-order valence-corrected chi connectivity index (χ4v) is 3.27. The molecule has 0 unspecified atom stereocenters. The Balaban J connectivity index is 1.68. The first-order valence-electron chi connectivity index (χ1n) is 10.4. The molecule has 0 saturated carbocycles. The smallest absolute Gasteiger partial charge is 0.421 e. The maximum Gasteiger partial charge on any atom is 0.421 e. The Hall–Kier alpha value is -4.68. The number of ketones is 1. The van der Waals surface area contributed by atoms with Gasteiger partial charge in [-0.3, -0.25) is 14.4 Å². The van der Waals surface area contributed by atoms with Crippen LogP contribution in [0.3, 0.4) is 0 Å². The van der Waals surface area contributed by atoms with Crippen molar-refractivity contribution in [2.45, 2.75) is 6.18 Å². The van der Waals surface area contributed by atoms with E-state index in [0.717, 1.165) is 4.90 Å². The number of alkyl halides is 3. The van der Waals surface area contributed by atoms with Gasteiger partial charge >= 0.3 is 6.18 Å². The molecule has 0 aliphatic carbocycles. The summed E-state index contributed by atoms with van der Waals surface area (Å²) in [4.78, 5) is 45.1. The lowest BCUT2D eigenvalue weighted by molar-refractivity contribution is -0.137. The summed E-state index contributed by atoms with van der Waals surface area (Å²) in [5.41, 5.74) is -0.596. The predicted octanol–water partition coefficient (Wildman–Crippen LogP) is 3.58.